The second-order valence-corrected chi connectivity index (χ2v) is 6.46. The molecular formula is C23H20N2O4. The molecule has 1 N–H and O–H groups in total. The normalized spacial score (nSPS) is 13.8. The van der Waals surface area contributed by atoms with Gasteiger partial charge in [-0.15, -0.1) is 0 Å². The number of anilines is 1. The molecule has 1 aliphatic rings. The molecule has 0 radical (unpaired) electrons. The summed E-state index contributed by atoms with van der Waals surface area (Å²) in [6.07, 6.45) is 3.58. The predicted molar refractivity (Wildman–Crippen MR) is 112 cm³/mol. The number of hydrogen-bond acceptors (Lipinski definition) is 5. The van der Waals surface area contributed by atoms with Crippen molar-refractivity contribution < 1.29 is 19.0 Å². The molecular weight excluding hydrogens is 368 g/mol. The second kappa shape index (κ2) is 7.67. The van der Waals surface area contributed by atoms with E-state index in [1.807, 2.05) is 54.6 Å². The van der Waals surface area contributed by atoms with Crippen LogP contribution in [0.4, 0.5) is 5.82 Å². The Hall–Kier alpha value is -3.80. The number of benzene rings is 2. The van der Waals surface area contributed by atoms with Crippen molar-refractivity contribution in [1.82, 2.24) is 4.98 Å². The van der Waals surface area contributed by atoms with Gasteiger partial charge in [0.25, 0.3) is 5.91 Å². The number of rotatable bonds is 5. The summed E-state index contributed by atoms with van der Waals surface area (Å²) < 4.78 is 16.3. The number of carbonyl (C=O) groups excluding carboxylic acids is 1. The highest BCUT2D eigenvalue weighted by atomic mass is 16.5. The molecule has 1 amide bonds. The largest absolute Gasteiger partial charge is 0.493 e. The van der Waals surface area contributed by atoms with Crippen LogP contribution >= 0.6 is 0 Å². The number of carbonyl (C=O) groups is 1. The highest BCUT2D eigenvalue weighted by molar-refractivity contribution is 6.34. The lowest BCUT2D eigenvalue weighted by atomic mass is 10.0. The molecule has 0 aliphatic carbocycles. The van der Waals surface area contributed by atoms with Crippen molar-refractivity contribution in [3.63, 3.8) is 0 Å². The number of hydrogen-bond donors (Lipinski definition) is 1. The van der Waals surface area contributed by atoms with Crippen LogP contribution < -0.4 is 19.5 Å². The number of fused-ring (bicyclic) bond motifs is 1. The van der Waals surface area contributed by atoms with E-state index in [0.29, 0.717) is 28.6 Å². The Kier molecular flexibility index (Phi) is 4.91. The monoisotopic (exact) mass is 388 g/mol. The molecule has 4 rings (SSSR count). The Labute approximate surface area is 168 Å². The summed E-state index contributed by atoms with van der Waals surface area (Å²) in [4.78, 5) is 16.9. The van der Waals surface area contributed by atoms with E-state index < -0.39 is 0 Å². The van der Waals surface area contributed by atoms with Crippen LogP contribution in [-0.4, -0.2) is 32.2 Å². The van der Waals surface area contributed by atoms with E-state index >= 15 is 0 Å². The van der Waals surface area contributed by atoms with E-state index in [-0.39, 0.29) is 5.91 Å². The molecule has 1 aliphatic heterocycles. The summed E-state index contributed by atoms with van der Waals surface area (Å²) in [7, 11) is 4.71. The number of pyridine rings is 1. The quantitative estimate of drug-likeness (QED) is 0.661. The Bertz CT molecular complexity index is 1080. The van der Waals surface area contributed by atoms with Crippen molar-refractivity contribution in [2.45, 2.75) is 0 Å². The average molecular weight is 388 g/mol. The topological polar surface area (TPSA) is 69.7 Å². The molecule has 6 nitrogen and oxygen atoms in total. The molecule has 2 heterocycles. The fourth-order valence-electron chi connectivity index (χ4n) is 3.33. The lowest BCUT2D eigenvalue weighted by molar-refractivity contribution is -0.110. The molecule has 0 bridgehead atoms. The van der Waals surface area contributed by atoms with E-state index in [4.69, 9.17) is 14.2 Å². The van der Waals surface area contributed by atoms with Crippen molar-refractivity contribution in [1.29, 1.82) is 0 Å². The van der Waals surface area contributed by atoms with Gasteiger partial charge >= 0.3 is 0 Å². The minimum Gasteiger partial charge on any atom is -0.493 e. The summed E-state index contributed by atoms with van der Waals surface area (Å²) >= 11 is 0. The molecule has 0 saturated carbocycles. The molecule has 0 atom stereocenters. The second-order valence-electron chi connectivity index (χ2n) is 6.46. The number of nitrogens with one attached hydrogen (secondary N) is 1. The minimum absolute atomic E-state index is 0.168. The smallest absolute Gasteiger partial charge is 0.257 e. The van der Waals surface area contributed by atoms with Crippen LogP contribution in [0.5, 0.6) is 17.2 Å². The summed E-state index contributed by atoms with van der Waals surface area (Å²) in [5.74, 6) is 2.01. The third-order valence-electron chi connectivity index (χ3n) is 4.76. The maximum absolute atomic E-state index is 12.5. The van der Waals surface area contributed by atoms with E-state index in [1.165, 1.54) is 0 Å². The predicted octanol–water partition coefficient (Wildman–Crippen LogP) is 4.27. The van der Waals surface area contributed by atoms with E-state index in [0.717, 1.165) is 22.3 Å². The van der Waals surface area contributed by atoms with Gasteiger partial charge in [0.15, 0.2) is 11.5 Å². The molecule has 1 aromatic heterocycles. The van der Waals surface area contributed by atoms with Gasteiger partial charge in [0.05, 0.1) is 26.9 Å². The first-order valence-corrected chi connectivity index (χ1v) is 9.03. The molecule has 3 aromatic rings. The molecule has 6 heteroatoms. The Morgan fingerprint density at radius 2 is 1.59 bits per heavy atom. The molecule has 0 unspecified atom stereocenters. The fourth-order valence-corrected chi connectivity index (χ4v) is 3.33. The van der Waals surface area contributed by atoms with Crippen molar-refractivity contribution in [2.75, 3.05) is 26.6 Å². The zero-order valence-electron chi connectivity index (χ0n) is 16.4. The van der Waals surface area contributed by atoms with E-state index in [2.05, 4.69) is 10.3 Å². The highest BCUT2D eigenvalue weighted by Crippen LogP contribution is 2.42. The molecule has 0 saturated heterocycles. The van der Waals surface area contributed by atoms with Crippen LogP contribution in [0.1, 0.15) is 11.1 Å². The summed E-state index contributed by atoms with van der Waals surface area (Å²) in [5.41, 5.74) is 3.95. The fraction of sp³-hybridized carbons (Fsp3) is 0.130. The van der Waals surface area contributed by atoms with Gasteiger partial charge in [-0.25, -0.2) is 4.98 Å². The molecule has 29 heavy (non-hydrogen) atoms. The standard InChI is InChI=1S/C23H20N2O4/c1-27-19-11-15(12-20(28-2)21(19)29-3)16-10-17-18(9-14-7-5-4-6-8-14)23(26)25-22(17)24-13-16/h4-13H,1-3H3,(H,24,25,26). The molecule has 146 valence electrons. The van der Waals surface area contributed by atoms with Crippen LogP contribution in [0.25, 0.3) is 22.8 Å². The van der Waals surface area contributed by atoms with Crippen molar-refractivity contribution in [2.24, 2.45) is 0 Å². The first kappa shape index (κ1) is 18.6. The van der Waals surface area contributed by atoms with Gasteiger partial charge in [-0.05, 0) is 35.4 Å². The van der Waals surface area contributed by atoms with Gasteiger partial charge in [0.2, 0.25) is 5.75 Å². The van der Waals surface area contributed by atoms with Crippen LogP contribution in [0.3, 0.4) is 0 Å². The Morgan fingerprint density at radius 1 is 0.897 bits per heavy atom. The average Bonchev–Trinajstić information content (AvgIpc) is 3.07. The number of amides is 1. The zero-order valence-corrected chi connectivity index (χ0v) is 16.4. The third-order valence-corrected chi connectivity index (χ3v) is 4.76. The number of methoxy groups -OCH3 is 3. The lowest BCUT2D eigenvalue weighted by Crippen LogP contribution is -2.04. The first-order chi connectivity index (χ1) is 14.1. The van der Waals surface area contributed by atoms with E-state index in [1.54, 1.807) is 27.5 Å². The Balaban J connectivity index is 1.82. The van der Waals surface area contributed by atoms with Crippen LogP contribution in [0.15, 0.2) is 54.7 Å². The summed E-state index contributed by atoms with van der Waals surface area (Å²) in [6.45, 7) is 0. The van der Waals surface area contributed by atoms with Gasteiger partial charge in [-0.3, -0.25) is 4.79 Å². The maximum Gasteiger partial charge on any atom is 0.257 e. The van der Waals surface area contributed by atoms with Gasteiger partial charge in [-0.2, -0.15) is 0 Å². The Morgan fingerprint density at radius 3 is 2.21 bits per heavy atom. The van der Waals surface area contributed by atoms with Crippen molar-refractivity contribution >= 4 is 23.4 Å². The molecule has 0 fully saturated rings. The van der Waals surface area contributed by atoms with Gasteiger partial charge < -0.3 is 19.5 Å². The first-order valence-electron chi connectivity index (χ1n) is 9.03. The van der Waals surface area contributed by atoms with Gasteiger partial charge in [0, 0.05) is 17.3 Å². The minimum atomic E-state index is -0.168. The highest BCUT2D eigenvalue weighted by Gasteiger charge is 2.26. The molecule has 2 aromatic carbocycles. The number of nitrogens with zero attached hydrogens (tertiary/aromatic N) is 1. The van der Waals surface area contributed by atoms with Crippen LogP contribution in [0, 0.1) is 0 Å². The van der Waals surface area contributed by atoms with Gasteiger partial charge in [-0.1, -0.05) is 30.3 Å². The maximum atomic E-state index is 12.5. The molecule has 0 spiro atoms. The summed E-state index contributed by atoms with van der Waals surface area (Å²) in [6, 6.07) is 15.4. The van der Waals surface area contributed by atoms with Crippen molar-refractivity contribution in [3.8, 4) is 28.4 Å². The summed E-state index contributed by atoms with van der Waals surface area (Å²) in [5, 5.41) is 2.82. The SMILES string of the molecule is COc1cc(-c2cnc3c(c2)C(=Cc2ccccc2)C(=O)N3)cc(OC)c1OC. The lowest BCUT2D eigenvalue weighted by Gasteiger charge is -2.14. The zero-order chi connectivity index (χ0) is 20.4. The van der Waals surface area contributed by atoms with Crippen LogP contribution in [-0.2, 0) is 4.79 Å². The number of ether oxygens (including phenoxy) is 3. The number of aromatic nitrogens is 1. The van der Waals surface area contributed by atoms with Crippen LogP contribution in [0.2, 0.25) is 0 Å². The van der Waals surface area contributed by atoms with Crippen molar-refractivity contribution in [3.05, 3.63) is 65.9 Å². The third kappa shape index (κ3) is 3.40. The van der Waals surface area contributed by atoms with Gasteiger partial charge in [0.1, 0.15) is 5.82 Å². The van der Waals surface area contributed by atoms with E-state index in [9.17, 15) is 4.79 Å².